The predicted octanol–water partition coefficient (Wildman–Crippen LogP) is 3.75. The molecule has 0 spiro atoms. The van der Waals surface area contributed by atoms with Gasteiger partial charge in [0.05, 0.1) is 12.2 Å². The molecule has 1 N–H and O–H groups in total. The lowest BCUT2D eigenvalue weighted by molar-refractivity contribution is -0.116. The van der Waals surface area contributed by atoms with E-state index >= 15 is 0 Å². The van der Waals surface area contributed by atoms with Gasteiger partial charge in [0.15, 0.2) is 5.75 Å². The van der Waals surface area contributed by atoms with E-state index in [4.69, 9.17) is 16.3 Å². The molecule has 7 heteroatoms. The summed E-state index contributed by atoms with van der Waals surface area (Å²) in [6.07, 6.45) is 3.26. The third kappa shape index (κ3) is 4.33. The number of hydrogen-bond donors (Lipinski definition) is 1. The summed E-state index contributed by atoms with van der Waals surface area (Å²) in [6.45, 7) is 0.446. The maximum Gasteiger partial charge on any atom is 0.226 e. The summed E-state index contributed by atoms with van der Waals surface area (Å²) in [4.78, 5) is 16.0. The monoisotopic (exact) mass is 342 g/mol. The van der Waals surface area contributed by atoms with Crippen molar-refractivity contribution in [2.45, 2.75) is 13.0 Å². The van der Waals surface area contributed by atoms with Crippen LogP contribution in [0.2, 0.25) is 5.02 Å². The maximum absolute atomic E-state index is 12.2. The third-order valence-electron chi connectivity index (χ3n) is 3.22. The van der Waals surface area contributed by atoms with Crippen LogP contribution < -0.4 is 10.1 Å². The van der Waals surface area contributed by atoms with E-state index in [-0.39, 0.29) is 12.3 Å². The Labute approximate surface area is 144 Å². The van der Waals surface area contributed by atoms with Crippen molar-refractivity contribution in [3.05, 3.63) is 66.2 Å². The van der Waals surface area contributed by atoms with E-state index in [1.807, 2.05) is 30.3 Å². The summed E-state index contributed by atoms with van der Waals surface area (Å²) in [5, 5.41) is 7.30. The fourth-order valence-corrected chi connectivity index (χ4v) is 2.25. The molecule has 2 aromatic carbocycles. The molecule has 0 radical (unpaired) electrons. The summed E-state index contributed by atoms with van der Waals surface area (Å²) in [7, 11) is 0. The molecule has 0 aliphatic heterocycles. The minimum Gasteiger partial charge on any atom is -0.455 e. The van der Waals surface area contributed by atoms with Crippen LogP contribution in [0.5, 0.6) is 11.5 Å². The van der Waals surface area contributed by atoms with Crippen molar-refractivity contribution in [3.63, 3.8) is 0 Å². The zero-order chi connectivity index (χ0) is 16.8. The molecule has 6 nitrogen and oxygen atoms in total. The lowest BCUT2D eigenvalue weighted by Gasteiger charge is -2.13. The lowest BCUT2D eigenvalue weighted by Crippen LogP contribution is -2.15. The fourth-order valence-electron chi connectivity index (χ4n) is 2.08. The summed E-state index contributed by atoms with van der Waals surface area (Å²) in [5.41, 5.74) is 0.523. The van der Waals surface area contributed by atoms with Crippen LogP contribution in [0.25, 0.3) is 0 Å². The highest BCUT2D eigenvalue weighted by Crippen LogP contribution is 2.32. The van der Waals surface area contributed by atoms with Gasteiger partial charge in [-0.3, -0.25) is 9.48 Å². The van der Waals surface area contributed by atoms with Crippen LogP contribution in [0.1, 0.15) is 6.42 Å². The molecular weight excluding hydrogens is 328 g/mol. The average Bonchev–Trinajstić information content (AvgIpc) is 3.10. The van der Waals surface area contributed by atoms with Crippen LogP contribution in [0.15, 0.2) is 61.2 Å². The van der Waals surface area contributed by atoms with Gasteiger partial charge in [0.2, 0.25) is 5.91 Å². The number of aromatic nitrogens is 3. The molecular formula is C17H15ClN4O2. The number of hydrogen-bond acceptors (Lipinski definition) is 4. The standard InChI is InChI=1S/C17H15ClN4O2/c18-13-6-7-16(24-14-4-2-1-3-5-14)15(10-13)21-17(23)8-9-22-12-19-11-20-22/h1-7,10-12H,8-9H2,(H,21,23). The van der Waals surface area contributed by atoms with Crippen molar-refractivity contribution >= 4 is 23.2 Å². The van der Waals surface area contributed by atoms with Gasteiger partial charge in [-0.2, -0.15) is 5.10 Å². The Bertz CT molecular complexity index is 807. The lowest BCUT2D eigenvalue weighted by atomic mass is 10.2. The number of carbonyl (C=O) groups excluding carboxylic acids is 1. The number of benzene rings is 2. The van der Waals surface area contributed by atoms with Gasteiger partial charge in [-0.05, 0) is 30.3 Å². The number of ether oxygens (including phenoxy) is 1. The first-order valence-electron chi connectivity index (χ1n) is 7.35. The number of para-hydroxylation sites is 1. The Kier molecular flexibility index (Phi) is 5.08. The Balaban J connectivity index is 1.69. The van der Waals surface area contributed by atoms with Crippen molar-refractivity contribution in [2.24, 2.45) is 0 Å². The molecule has 3 rings (SSSR count). The highest BCUT2D eigenvalue weighted by Gasteiger charge is 2.10. The Morgan fingerprint density at radius 3 is 2.79 bits per heavy atom. The quantitative estimate of drug-likeness (QED) is 0.740. The second kappa shape index (κ2) is 7.61. The first kappa shape index (κ1) is 16.0. The van der Waals surface area contributed by atoms with E-state index in [1.165, 1.54) is 6.33 Å². The normalized spacial score (nSPS) is 10.4. The van der Waals surface area contributed by atoms with Crippen LogP contribution in [0.4, 0.5) is 5.69 Å². The van der Waals surface area contributed by atoms with Crippen molar-refractivity contribution in [1.82, 2.24) is 14.8 Å². The van der Waals surface area contributed by atoms with Crippen molar-refractivity contribution in [3.8, 4) is 11.5 Å². The summed E-state index contributed by atoms with van der Waals surface area (Å²) >= 11 is 6.03. The maximum atomic E-state index is 12.2. The number of amides is 1. The van der Waals surface area contributed by atoms with Crippen molar-refractivity contribution < 1.29 is 9.53 Å². The SMILES string of the molecule is O=C(CCn1cncn1)Nc1cc(Cl)ccc1Oc1ccccc1. The van der Waals surface area contributed by atoms with E-state index in [0.717, 1.165) is 0 Å². The molecule has 0 aliphatic carbocycles. The second-order valence-electron chi connectivity index (χ2n) is 5.01. The van der Waals surface area contributed by atoms with Gasteiger partial charge in [0, 0.05) is 11.4 Å². The van der Waals surface area contributed by atoms with Crippen molar-refractivity contribution in [2.75, 3.05) is 5.32 Å². The van der Waals surface area contributed by atoms with E-state index < -0.39 is 0 Å². The van der Waals surface area contributed by atoms with E-state index in [9.17, 15) is 4.79 Å². The summed E-state index contributed by atoms with van der Waals surface area (Å²) in [6, 6.07) is 14.4. The topological polar surface area (TPSA) is 69.0 Å². The smallest absolute Gasteiger partial charge is 0.226 e. The van der Waals surface area contributed by atoms with Gasteiger partial charge in [-0.25, -0.2) is 4.98 Å². The number of nitrogens with one attached hydrogen (secondary N) is 1. The van der Waals surface area contributed by atoms with E-state index in [1.54, 1.807) is 29.2 Å². The number of aryl methyl sites for hydroxylation is 1. The highest BCUT2D eigenvalue weighted by atomic mass is 35.5. The Morgan fingerprint density at radius 1 is 1.21 bits per heavy atom. The van der Waals surface area contributed by atoms with Crippen molar-refractivity contribution in [1.29, 1.82) is 0 Å². The molecule has 0 saturated carbocycles. The molecule has 0 bridgehead atoms. The van der Waals surface area contributed by atoms with Crippen LogP contribution in [0, 0.1) is 0 Å². The molecule has 0 fully saturated rings. The molecule has 24 heavy (non-hydrogen) atoms. The van der Waals surface area contributed by atoms with Gasteiger partial charge < -0.3 is 10.1 Å². The molecule has 3 aromatic rings. The van der Waals surface area contributed by atoms with Gasteiger partial charge in [0.1, 0.15) is 18.4 Å². The number of halogens is 1. The predicted molar refractivity (Wildman–Crippen MR) is 91.2 cm³/mol. The minimum atomic E-state index is -0.161. The van der Waals surface area contributed by atoms with Crippen LogP contribution in [0.3, 0.4) is 0 Å². The fraction of sp³-hybridized carbons (Fsp3) is 0.118. The minimum absolute atomic E-state index is 0.161. The van der Waals surface area contributed by atoms with Crippen LogP contribution >= 0.6 is 11.6 Å². The zero-order valence-electron chi connectivity index (χ0n) is 12.7. The zero-order valence-corrected chi connectivity index (χ0v) is 13.5. The third-order valence-corrected chi connectivity index (χ3v) is 3.46. The molecule has 0 unspecified atom stereocenters. The van der Waals surface area contributed by atoms with Gasteiger partial charge in [-0.15, -0.1) is 0 Å². The van der Waals surface area contributed by atoms with Gasteiger partial charge >= 0.3 is 0 Å². The second-order valence-corrected chi connectivity index (χ2v) is 5.45. The summed E-state index contributed by atoms with van der Waals surface area (Å²) in [5.74, 6) is 1.04. The highest BCUT2D eigenvalue weighted by molar-refractivity contribution is 6.31. The molecule has 1 aromatic heterocycles. The number of carbonyl (C=O) groups is 1. The average molecular weight is 343 g/mol. The first-order chi connectivity index (χ1) is 11.7. The van der Waals surface area contributed by atoms with Crippen LogP contribution in [-0.4, -0.2) is 20.7 Å². The Hall–Kier alpha value is -2.86. The molecule has 1 heterocycles. The van der Waals surface area contributed by atoms with Gasteiger partial charge in [-0.1, -0.05) is 29.8 Å². The van der Waals surface area contributed by atoms with Crippen LogP contribution in [-0.2, 0) is 11.3 Å². The largest absolute Gasteiger partial charge is 0.455 e. The molecule has 0 aliphatic rings. The van der Waals surface area contributed by atoms with E-state index in [2.05, 4.69) is 15.4 Å². The number of nitrogens with zero attached hydrogens (tertiary/aromatic N) is 3. The summed E-state index contributed by atoms with van der Waals surface area (Å²) < 4.78 is 7.41. The molecule has 0 saturated heterocycles. The molecule has 122 valence electrons. The molecule has 0 atom stereocenters. The Morgan fingerprint density at radius 2 is 2.04 bits per heavy atom. The van der Waals surface area contributed by atoms with Gasteiger partial charge in [0.25, 0.3) is 0 Å². The first-order valence-corrected chi connectivity index (χ1v) is 7.73. The molecule has 1 amide bonds. The number of rotatable bonds is 6. The number of anilines is 1. The van der Waals surface area contributed by atoms with E-state index in [0.29, 0.717) is 28.8 Å².